The predicted molar refractivity (Wildman–Crippen MR) is 66.8 cm³/mol. The molecule has 2 aromatic rings. The Morgan fingerprint density at radius 1 is 1.00 bits per heavy atom. The molecular weight excluding hydrogens is 293 g/mol. The quantitative estimate of drug-likeness (QED) is 0.829. The number of rotatable bonds is 3. The summed E-state index contributed by atoms with van der Waals surface area (Å²) >= 11 is 0. The molecule has 2 N–H and O–H groups in total. The van der Waals surface area contributed by atoms with Crippen molar-refractivity contribution in [3.8, 4) is 5.75 Å². The monoisotopic (exact) mass is 303 g/mol. The molecule has 2 rings (SSSR count). The molecule has 2 aromatic carbocycles. The first kappa shape index (κ1) is 15.1. The molecule has 2 nitrogen and oxygen atoms in total. The number of nitrogens with one attached hydrogen (secondary N) is 1. The summed E-state index contributed by atoms with van der Waals surface area (Å²) < 4.78 is 64.6. The van der Waals surface area contributed by atoms with Gasteiger partial charge in [0.2, 0.25) is 0 Å². The van der Waals surface area contributed by atoms with Crippen LogP contribution in [0.2, 0.25) is 0 Å². The molecule has 0 fully saturated rings. The average Bonchev–Trinajstić information content (AvgIpc) is 2.41. The highest BCUT2D eigenvalue weighted by Crippen LogP contribution is 2.34. The summed E-state index contributed by atoms with van der Waals surface area (Å²) in [6.45, 7) is -0.221. The summed E-state index contributed by atoms with van der Waals surface area (Å²) in [5.41, 5.74) is -0.997. The van der Waals surface area contributed by atoms with E-state index in [4.69, 9.17) is 5.11 Å². The van der Waals surface area contributed by atoms with Crippen molar-refractivity contribution in [2.45, 2.75) is 12.7 Å². The van der Waals surface area contributed by atoms with Crippen LogP contribution in [0.4, 0.5) is 27.6 Å². The van der Waals surface area contributed by atoms with Crippen molar-refractivity contribution in [3.63, 3.8) is 0 Å². The zero-order valence-corrected chi connectivity index (χ0v) is 10.5. The van der Waals surface area contributed by atoms with E-state index in [9.17, 15) is 22.0 Å². The fraction of sp³-hybridized carbons (Fsp3) is 0.143. The van der Waals surface area contributed by atoms with E-state index >= 15 is 0 Å². The molecule has 7 heteroatoms. The minimum atomic E-state index is -4.53. The number of aromatic hydroxyl groups is 1. The van der Waals surface area contributed by atoms with E-state index in [1.54, 1.807) is 0 Å². The van der Waals surface area contributed by atoms with Gasteiger partial charge in [-0.05, 0) is 29.8 Å². The molecule has 0 saturated carbocycles. The minimum absolute atomic E-state index is 0.0692. The average molecular weight is 303 g/mol. The highest BCUT2D eigenvalue weighted by molar-refractivity contribution is 5.53. The van der Waals surface area contributed by atoms with Gasteiger partial charge in [0.05, 0.1) is 5.56 Å². The second-order valence-corrected chi connectivity index (χ2v) is 4.30. The van der Waals surface area contributed by atoms with Gasteiger partial charge in [-0.1, -0.05) is 12.1 Å². The van der Waals surface area contributed by atoms with Gasteiger partial charge in [0.25, 0.3) is 0 Å². The number of alkyl halides is 3. The maximum atomic E-state index is 13.1. The van der Waals surface area contributed by atoms with Crippen LogP contribution in [0, 0.1) is 11.6 Å². The Bertz CT molecular complexity index is 631. The summed E-state index contributed by atoms with van der Waals surface area (Å²) in [5.74, 6) is -3.46. The van der Waals surface area contributed by atoms with Gasteiger partial charge in [-0.3, -0.25) is 0 Å². The van der Waals surface area contributed by atoms with E-state index in [0.717, 1.165) is 18.2 Å². The smallest absolute Gasteiger partial charge is 0.418 e. The minimum Gasteiger partial charge on any atom is -0.503 e. The van der Waals surface area contributed by atoms with Crippen LogP contribution in [0.5, 0.6) is 5.75 Å². The van der Waals surface area contributed by atoms with Crippen molar-refractivity contribution in [3.05, 3.63) is 59.2 Å². The molecule has 0 aliphatic rings. The molecule has 0 heterocycles. The van der Waals surface area contributed by atoms with Crippen molar-refractivity contribution >= 4 is 5.69 Å². The maximum absolute atomic E-state index is 13.1. The standard InChI is InChI=1S/C14H10F5NO/c15-10-5-8(6-11(16)13(10)21)7-20-12-4-2-1-3-9(12)14(17,18)19/h1-6,20-21H,7H2. The molecule has 112 valence electrons. The lowest BCUT2D eigenvalue weighted by molar-refractivity contribution is -0.137. The van der Waals surface area contributed by atoms with Crippen LogP contribution in [0.1, 0.15) is 11.1 Å². The third kappa shape index (κ3) is 3.42. The van der Waals surface area contributed by atoms with Gasteiger partial charge < -0.3 is 10.4 Å². The topological polar surface area (TPSA) is 32.3 Å². The molecule has 0 atom stereocenters. The lowest BCUT2D eigenvalue weighted by Crippen LogP contribution is -2.10. The van der Waals surface area contributed by atoms with E-state index < -0.39 is 29.1 Å². The van der Waals surface area contributed by atoms with Crippen LogP contribution in [-0.4, -0.2) is 5.11 Å². The number of para-hydroxylation sites is 1. The van der Waals surface area contributed by atoms with E-state index in [0.29, 0.717) is 0 Å². The fourth-order valence-electron chi connectivity index (χ4n) is 1.80. The second kappa shape index (κ2) is 5.59. The molecule has 0 saturated heterocycles. The summed E-state index contributed by atoms with van der Waals surface area (Å²) in [6.07, 6.45) is -4.53. The molecule has 0 radical (unpaired) electrons. The molecule has 0 aliphatic carbocycles. The zero-order valence-electron chi connectivity index (χ0n) is 10.5. The van der Waals surface area contributed by atoms with Crippen molar-refractivity contribution in [1.82, 2.24) is 0 Å². The lowest BCUT2D eigenvalue weighted by Gasteiger charge is -2.14. The van der Waals surface area contributed by atoms with E-state index in [-0.39, 0.29) is 17.8 Å². The number of hydrogen-bond acceptors (Lipinski definition) is 2. The number of phenols is 1. The van der Waals surface area contributed by atoms with E-state index in [1.165, 1.54) is 18.2 Å². The third-order valence-electron chi connectivity index (χ3n) is 2.79. The van der Waals surface area contributed by atoms with Crippen molar-refractivity contribution in [1.29, 1.82) is 0 Å². The zero-order chi connectivity index (χ0) is 15.6. The molecular formula is C14H10F5NO. The summed E-state index contributed by atoms with van der Waals surface area (Å²) in [4.78, 5) is 0. The Morgan fingerprint density at radius 2 is 1.57 bits per heavy atom. The van der Waals surface area contributed by atoms with Crippen molar-refractivity contribution in [2.24, 2.45) is 0 Å². The largest absolute Gasteiger partial charge is 0.503 e. The van der Waals surface area contributed by atoms with Gasteiger partial charge >= 0.3 is 6.18 Å². The van der Waals surface area contributed by atoms with Crippen molar-refractivity contribution in [2.75, 3.05) is 5.32 Å². The SMILES string of the molecule is Oc1c(F)cc(CNc2ccccc2C(F)(F)F)cc1F. The molecule has 0 spiro atoms. The number of halogens is 5. The Morgan fingerprint density at radius 3 is 2.14 bits per heavy atom. The summed E-state index contributed by atoms with van der Waals surface area (Å²) in [6, 6.07) is 6.48. The summed E-state index contributed by atoms with van der Waals surface area (Å²) in [7, 11) is 0. The highest BCUT2D eigenvalue weighted by atomic mass is 19.4. The first-order valence-corrected chi connectivity index (χ1v) is 5.86. The number of hydrogen-bond donors (Lipinski definition) is 2. The van der Waals surface area contributed by atoms with Crippen LogP contribution >= 0.6 is 0 Å². The van der Waals surface area contributed by atoms with Crippen LogP contribution in [0.25, 0.3) is 0 Å². The molecule has 0 aliphatic heterocycles. The highest BCUT2D eigenvalue weighted by Gasteiger charge is 2.33. The molecule has 0 amide bonds. The van der Waals surface area contributed by atoms with E-state index in [2.05, 4.69) is 5.32 Å². The van der Waals surface area contributed by atoms with Crippen LogP contribution < -0.4 is 5.32 Å². The van der Waals surface area contributed by atoms with Gasteiger partial charge in [-0.25, -0.2) is 8.78 Å². The first-order valence-electron chi connectivity index (χ1n) is 5.86. The number of benzene rings is 2. The second-order valence-electron chi connectivity index (χ2n) is 4.30. The molecule has 0 bridgehead atoms. The van der Waals surface area contributed by atoms with Crippen LogP contribution in [0.15, 0.2) is 36.4 Å². The van der Waals surface area contributed by atoms with Gasteiger partial charge in [0.1, 0.15) is 0 Å². The third-order valence-corrected chi connectivity index (χ3v) is 2.79. The van der Waals surface area contributed by atoms with E-state index in [1.807, 2.05) is 0 Å². The Labute approximate surface area is 116 Å². The normalized spacial score (nSPS) is 11.5. The maximum Gasteiger partial charge on any atom is 0.418 e. The Balaban J connectivity index is 2.21. The van der Waals surface area contributed by atoms with Gasteiger partial charge in [0, 0.05) is 12.2 Å². The fourth-order valence-corrected chi connectivity index (χ4v) is 1.80. The molecule has 0 unspecified atom stereocenters. The number of anilines is 1. The van der Waals surface area contributed by atoms with Gasteiger partial charge in [-0.2, -0.15) is 13.2 Å². The summed E-state index contributed by atoms with van der Waals surface area (Å²) in [5, 5.41) is 11.4. The number of phenolic OH excluding ortho intramolecular Hbond substituents is 1. The molecule has 0 aromatic heterocycles. The van der Waals surface area contributed by atoms with Crippen LogP contribution in [-0.2, 0) is 12.7 Å². The van der Waals surface area contributed by atoms with Crippen molar-refractivity contribution < 1.29 is 27.1 Å². The first-order chi connectivity index (χ1) is 9.79. The Kier molecular flexibility index (Phi) is 4.02. The predicted octanol–water partition coefficient (Wildman–Crippen LogP) is 4.30. The van der Waals surface area contributed by atoms with Gasteiger partial charge in [0.15, 0.2) is 17.4 Å². The molecule has 21 heavy (non-hydrogen) atoms. The van der Waals surface area contributed by atoms with Crippen LogP contribution in [0.3, 0.4) is 0 Å². The lowest BCUT2D eigenvalue weighted by atomic mass is 10.1. The van der Waals surface area contributed by atoms with Gasteiger partial charge in [-0.15, -0.1) is 0 Å². The Hall–Kier alpha value is -2.31.